The summed E-state index contributed by atoms with van der Waals surface area (Å²) < 4.78 is 0. The molecule has 0 aromatic rings. The smallest absolute Gasteiger partial charge is 0.0128 e. The van der Waals surface area contributed by atoms with Gasteiger partial charge in [0.25, 0.3) is 0 Å². The summed E-state index contributed by atoms with van der Waals surface area (Å²) in [5, 5.41) is 3.83. The first-order chi connectivity index (χ1) is 12.8. The Bertz CT molecular complexity index is 501. The number of hydrogen-bond acceptors (Lipinski definition) is 1. The van der Waals surface area contributed by atoms with Gasteiger partial charge in [-0.15, -0.1) is 0 Å². The normalized spacial score (nSPS) is 31.7. The van der Waals surface area contributed by atoms with E-state index in [0.29, 0.717) is 0 Å². The number of allylic oxidation sites excluding steroid dienone is 3. The Morgan fingerprint density at radius 1 is 0.852 bits per heavy atom. The van der Waals surface area contributed by atoms with Crippen LogP contribution in [0.15, 0.2) is 21.9 Å². The van der Waals surface area contributed by atoms with Crippen molar-refractivity contribution in [2.75, 3.05) is 12.3 Å². The van der Waals surface area contributed by atoms with Crippen LogP contribution < -0.4 is 5.73 Å². The monoisotopic (exact) mass is 409 g/mol. The highest BCUT2D eigenvalue weighted by Gasteiger charge is 2.39. The Morgan fingerprint density at radius 3 is 1.67 bits per heavy atom. The Morgan fingerprint density at radius 2 is 1.26 bits per heavy atom. The fourth-order valence-corrected chi connectivity index (χ4v) is 13.0. The summed E-state index contributed by atoms with van der Waals surface area (Å²) in [5.74, 6) is 1.70. The number of rotatable bonds is 4. The maximum absolute atomic E-state index is 6.48. The van der Waals surface area contributed by atoms with E-state index in [1.165, 1.54) is 62.1 Å². The SMILES string of the molecule is CC1=C(N)CC(P2CCCC2C(C)C)=C(P2CCCC2C(C)C)C1.CCC. The second-order valence-electron chi connectivity index (χ2n) is 9.55. The summed E-state index contributed by atoms with van der Waals surface area (Å²) in [6, 6.07) is 0. The lowest BCUT2D eigenvalue weighted by Crippen LogP contribution is -2.17. The molecule has 4 atom stereocenters. The average molecular weight is 410 g/mol. The lowest BCUT2D eigenvalue weighted by molar-refractivity contribution is 0.581. The fourth-order valence-electron chi connectivity index (χ4n) is 5.08. The first-order valence-corrected chi connectivity index (χ1v) is 14.7. The molecule has 3 aliphatic rings. The molecule has 0 aromatic carbocycles. The molecule has 0 amide bonds. The van der Waals surface area contributed by atoms with Crippen molar-refractivity contribution >= 4 is 15.8 Å². The molecule has 0 radical (unpaired) electrons. The van der Waals surface area contributed by atoms with Gasteiger partial charge in [-0.3, -0.25) is 0 Å². The topological polar surface area (TPSA) is 26.0 Å². The molecule has 0 spiro atoms. The van der Waals surface area contributed by atoms with E-state index in [0.717, 1.165) is 29.6 Å². The van der Waals surface area contributed by atoms with Crippen LogP contribution in [0.25, 0.3) is 0 Å². The molecule has 2 aliphatic heterocycles. The zero-order chi connectivity index (χ0) is 20.1. The molecular formula is C24H45NP2. The standard InChI is InChI=1S/C21H37NP2.C3H8/c1-14(2)18-8-6-10-23(18)20-12-16(5)17(22)13-21(20)24-11-7-9-19(24)15(3)4;1-3-2/h14-15,18-19H,6-13,22H2,1-5H3;3H2,1-2H3. The first kappa shape index (κ1) is 23.4. The molecule has 2 N–H and O–H groups in total. The van der Waals surface area contributed by atoms with Crippen LogP contribution in [0.3, 0.4) is 0 Å². The zero-order valence-corrected chi connectivity index (χ0v) is 20.9. The second-order valence-corrected chi connectivity index (χ2v) is 14.7. The third-order valence-corrected chi connectivity index (χ3v) is 13.8. The van der Waals surface area contributed by atoms with Crippen molar-refractivity contribution in [1.29, 1.82) is 0 Å². The predicted octanol–water partition coefficient (Wildman–Crippen LogP) is 8.24. The molecule has 2 heterocycles. The van der Waals surface area contributed by atoms with Gasteiger partial charge in [0.15, 0.2) is 0 Å². The van der Waals surface area contributed by atoms with Crippen molar-refractivity contribution in [3.63, 3.8) is 0 Å². The maximum Gasteiger partial charge on any atom is 0.0128 e. The van der Waals surface area contributed by atoms with E-state index in [4.69, 9.17) is 5.73 Å². The molecule has 3 heteroatoms. The Labute approximate surface area is 172 Å². The van der Waals surface area contributed by atoms with E-state index in [2.05, 4.69) is 48.5 Å². The molecule has 3 rings (SSSR count). The van der Waals surface area contributed by atoms with Crippen LogP contribution in [0.4, 0.5) is 0 Å². The van der Waals surface area contributed by atoms with Crippen LogP contribution in [0.1, 0.15) is 93.4 Å². The largest absolute Gasteiger partial charge is 0.402 e. The maximum atomic E-state index is 6.48. The van der Waals surface area contributed by atoms with Crippen molar-refractivity contribution in [2.45, 2.75) is 105 Å². The number of nitrogens with two attached hydrogens (primary N) is 1. The molecule has 2 saturated heterocycles. The average Bonchev–Trinajstić information content (AvgIpc) is 3.26. The minimum absolute atomic E-state index is 0.0761. The highest BCUT2D eigenvalue weighted by molar-refractivity contribution is 7.67. The van der Waals surface area contributed by atoms with Crippen molar-refractivity contribution < 1.29 is 0 Å². The molecule has 2 fully saturated rings. The number of hydrogen-bond donors (Lipinski definition) is 1. The molecule has 27 heavy (non-hydrogen) atoms. The van der Waals surface area contributed by atoms with E-state index in [1.54, 1.807) is 0 Å². The summed E-state index contributed by atoms with van der Waals surface area (Å²) in [6.45, 7) is 16.4. The molecular weight excluding hydrogens is 364 g/mol. The third kappa shape index (κ3) is 5.60. The van der Waals surface area contributed by atoms with Gasteiger partial charge in [-0.25, -0.2) is 0 Å². The van der Waals surface area contributed by atoms with Gasteiger partial charge in [0.1, 0.15) is 0 Å². The van der Waals surface area contributed by atoms with Gasteiger partial charge in [0.2, 0.25) is 0 Å². The van der Waals surface area contributed by atoms with Crippen molar-refractivity contribution in [2.24, 2.45) is 17.6 Å². The van der Waals surface area contributed by atoms with Gasteiger partial charge in [-0.05, 0) is 90.7 Å². The summed E-state index contributed by atoms with van der Waals surface area (Å²) in [4.78, 5) is 0. The van der Waals surface area contributed by atoms with Crippen molar-refractivity contribution in [3.05, 3.63) is 21.9 Å². The Hall–Kier alpha value is 0.140. The van der Waals surface area contributed by atoms with Gasteiger partial charge in [-0.2, -0.15) is 0 Å². The molecule has 0 saturated carbocycles. The summed E-state index contributed by atoms with van der Waals surface area (Å²) in [5.41, 5.74) is 11.1. The van der Waals surface area contributed by atoms with Crippen LogP contribution in [0, 0.1) is 11.8 Å². The highest BCUT2D eigenvalue weighted by atomic mass is 31.1. The lowest BCUT2D eigenvalue weighted by atomic mass is 10.0. The van der Waals surface area contributed by atoms with E-state index >= 15 is 0 Å². The van der Waals surface area contributed by atoms with Crippen LogP contribution in [0.2, 0.25) is 0 Å². The molecule has 4 unspecified atom stereocenters. The Balaban J connectivity index is 0.000000817. The van der Waals surface area contributed by atoms with E-state index < -0.39 is 0 Å². The zero-order valence-electron chi connectivity index (χ0n) is 19.1. The predicted molar refractivity (Wildman–Crippen MR) is 128 cm³/mol. The van der Waals surface area contributed by atoms with Crippen LogP contribution in [-0.4, -0.2) is 23.6 Å². The van der Waals surface area contributed by atoms with Crippen molar-refractivity contribution in [3.8, 4) is 0 Å². The van der Waals surface area contributed by atoms with Gasteiger partial charge >= 0.3 is 0 Å². The highest BCUT2D eigenvalue weighted by Crippen LogP contribution is 2.69. The quantitative estimate of drug-likeness (QED) is 0.465. The minimum Gasteiger partial charge on any atom is -0.402 e. The van der Waals surface area contributed by atoms with E-state index in [9.17, 15) is 0 Å². The van der Waals surface area contributed by atoms with Gasteiger partial charge in [0.05, 0.1) is 0 Å². The van der Waals surface area contributed by atoms with Gasteiger partial charge < -0.3 is 5.73 Å². The molecule has 1 nitrogen and oxygen atoms in total. The van der Waals surface area contributed by atoms with E-state index in [1.807, 2.05) is 10.6 Å². The summed E-state index contributed by atoms with van der Waals surface area (Å²) in [6.07, 6.45) is 12.4. The van der Waals surface area contributed by atoms with Crippen LogP contribution in [0.5, 0.6) is 0 Å². The third-order valence-electron chi connectivity index (χ3n) is 6.50. The second kappa shape index (κ2) is 10.8. The summed E-state index contributed by atoms with van der Waals surface area (Å²) in [7, 11) is 0.177. The molecule has 1 aliphatic carbocycles. The Kier molecular flexibility index (Phi) is 9.35. The molecule has 0 aromatic heterocycles. The van der Waals surface area contributed by atoms with E-state index in [-0.39, 0.29) is 15.8 Å². The van der Waals surface area contributed by atoms with Gasteiger partial charge in [0, 0.05) is 12.1 Å². The van der Waals surface area contributed by atoms with Crippen LogP contribution >= 0.6 is 15.8 Å². The van der Waals surface area contributed by atoms with Crippen LogP contribution in [-0.2, 0) is 0 Å². The first-order valence-electron chi connectivity index (χ1n) is 11.5. The lowest BCUT2D eigenvalue weighted by Gasteiger charge is -2.36. The van der Waals surface area contributed by atoms with Gasteiger partial charge in [-0.1, -0.05) is 63.8 Å². The van der Waals surface area contributed by atoms with Crippen molar-refractivity contribution in [1.82, 2.24) is 0 Å². The minimum atomic E-state index is 0.0761. The fraction of sp³-hybridized carbons (Fsp3) is 0.833. The molecule has 156 valence electrons. The summed E-state index contributed by atoms with van der Waals surface area (Å²) >= 11 is 0. The molecule has 0 bridgehead atoms.